The van der Waals surface area contributed by atoms with E-state index < -0.39 is 5.82 Å². The SMILES string of the molecule is O=C(NCc1nc2ccccc2[nH]1)c1ccc(F)cn1. The largest absolute Gasteiger partial charge is 0.343 e. The molecule has 2 aromatic heterocycles. The normalized spacial score (nSPS) is 10.7. The number of carbonyl (C=O) groups excluding carboxylic acids is 1. The van der Waals surface area contributed by atoms with E-state index in [1.54, 1.807) is 0 Å². The highest BCUT2D eigenvalue weighted by molar-refractivity contribution is 5.92. The Morgan fingerprint density at radius 2 is 2.10 bits per heavy atom. The van der Waals surface area contributed by atoms with Gasteiger partial charge in [-0.1, -0.05) is 12.1 Å². The minimum absolute atomic E-state index is 0.169. The van der Waals surface area contributed by atoms with Crippen LogP contribution in [0.25, 0.3) is 11.0 Å². The number of fused-ring (bicyclic) bond motifs is 1. The van der Waals surface area contributed by atoms with Gasteiger partial charge in [0.05, 0.1) is 23.8 Å². The summed E-state index contributed by atoms with van der Waals surface area (Å²) in [6.07, 6.45) is 1.01. The highest BCUT2D eigenvalue weighted by Gasteiger charge is 2.08. The van der Waals surface area contributed by atoms with Crippen LogP contribution < -0.4 is 5.32 Å². The van der Waals surface area contributed by atoms with Gasteiger partial charge in [0, 0.05) is 0 Å². The average Bonchev–Trinajstić information content (AvgIpc) is 2.88. The zero-order valence-corrected chi connectivity index (χ0v) is 10.4. The van der Waals surface area contributed by atoms with Gasteiger partial charge in [-0.2, -0.15) is 0 Å². The lowest BCUT2D eigenvalue weighted by molar-refractivity contribution is 0.0945. The number of nitrogens with zero attached hydrogens (tertiary/aromatic N) is 2. The van der Waals surface area contributed by atoms with Crippen LogP contribution in [0.3, 0.4) is 0 Å². The summed E-state index contributed by atoms with van der Waals surface area (Å²) in [5.74, 6) is -0.189. The van der Waals surface area contributed by atoms with Gasteiger partial charge in [0.15, 0.2) is 0 Å². The fourth-order valence-electron chi connectivity index (χ4n) is 1.85. The summed E-state index contributed by atoms with van der Waals surface area (Å²) in [4.78, 5) is 23.0. The first-order valence-corrected chi connectivity index (χ1v) is 6.06. The molecule has 0 saturated carbocycles. The van der Waals surface area contributed by atoms with Crippen LogP contribution in [0, 0.1) is 5.82 Å². The fourth-order valence-corrected chi connectivity index (χ4v) is 1.85. The highest BCUT2D eigenvalue weighted by atomic mass is 19.1. The van der Waals surface area contributed by atoms with Crippen molar-refractivity contribution in [3.63, 3.8) is 0 Å². The molecule has 1 aromatic carbocycles. The van der Waals surface area contributed by atoms with E-state index in [-0.39, 0.29) is 18.1 Å². The predicted octanol–water partition coefficient (Wildman–Crippen LogP) is 2.03. The van der Waals surface area contributed by atoms with Crippen molar-refractivity contribution in [2.75, 3.05) is 0 Å². The molecular weight excluding hydrogens is 259 g/mol. The lowest BCUT2D eigenvalue weighted by atomic mass is 10.3. The van der Waals surface area contributed by atoms with Crippen molar-refractivity contribution in [2.24, 2.45) is 0 Å². The number of carbonyl (C=O) groups is 1. The molecule has 2 heterocycles. The van der Waals surface area contributed by atoms with E-state index in [1.807, 2.05) is 24.3 Å². The molecule has 5 nitrogen and oxygen atoms in total. The van der Waals surface area contributed by atoms with Crippen molar-refractivity contribution >= 4 is 16.9 Å². The quantitative estimate of drug-likeness (QED) is 0.765. The lowest BCUT2D eigenvalue weighted by Gasteiger charge is -2.02. The Labute approximate surface area is 113 Å². The number of nitrogens with one attached hydrogen (secondary N) is 2. The van der Waals surface area contributed by atoms with E-state index in [0.29, 0.717) is 5.82 Å². The number of halogens is 1. The van der Waals surface area contributed by atoms with E-state index in [4.69, 9.17) is 0 Å². The third-order valence-electron chi connectivity index (χ3n) is 2.81. The van der Waals surface area contributed by atoms with E-state index in [1.165, 1.54) is 12.1 Å². The molecule has 6 heteroatoms. The zero-order valence-electron chi connectivity index (χ0n) is 10.4. The van der Waals surface area contributed by atoms with Crippen LogP contribution >= 0.6 is 0 Å². The minimum Gasteiger partial charge on any atom is -0.343 e. The second kappa shape index (κ2) is 5.08. The van der Waals surface area contributed by atoms with Crippen molar-refractivity contribution in [3.8, 4) is 0 Å². The van der Waals surface area contributed by atoms with Crippen molar-refractivity contribution in [3.05, 3.63) is 59.9 Å². The second-order valence-electron chi connectivity index (χ2n) is 4.24. The molecule has 0 aliphatic rings. The van der Waals surface area contributed by atoms with Crippen molar-refractivity contribution in [1.29, 1.82) is 0 Å². The van der Waals surface area contributed by atoms with Crippen LogP contribution in [0.4, 0.5) is 4.39 Å². The Morgan fingerprint density at radius 1 is 1.25 bits per heavy atom. The van der Waals surface area contributed by atoms with Crippen LogP contribution in [-0.2, 0) is 6.54 Å². The third-order valence-corrected chi connectivity index (χ3v) is 2.81. The standard InChI is InChI=1S/C14H11FN4O/c15-9-5-6-12(16-7-9)14(20)17-8-13-18-10-3-1-2-4-11(10)19-13/h1-7H,8H2,(H,17,20)(H,18,19). The van der Waals surface area contributed by atoms with Gasteiger partial charge in [-0.3, -0.25) is 4.79 Å². The summed E-state index contributed by atoms with van der Waals surface area (Å²) in [5, 5.41) is 2.68. The number of para-hydroxylation sites is 2. The number of amides is 1. The van der Waals surface area contributed by atoms with E-state index in [9.17, 15) is 9.18 Å². The number of H-pyrrole nitrogens is 1. The molecule has 0 fully saturated rings. The fraction of sp³-hybridized carbons (Fsp3) is 0.0714. The zero-order chi connectivity index (χ0) is 13.9. The van der Waals surface area contributed by atoms with Gasteiger partial charge in [0.25, 0.3) is 5.91 Å². The number of rotatable bonds is 3. The monoisotopic (exact) mass is 270 g/mol. The first kappa shape index (κ1) is 12.3. The third kappa shape index (κ3) is 2.49. The Kier molecular flexibility index (Phi) is 3.12. The molecule has 0 bridgehead atoms. The molecule has 0 saturated heterocycles. The molecule has 20 heavy (non-hydrogen) atoms. The number of aromatic nitrogens is 3. The van der Waals surface area contributed by atoms with Gasteiger partial charge in [0.2, 0.25) is 0 Å². The minimum atomic E-state index is -0.473. The molecule has 0 aliphatic heterocycles. The van der Waals surface area contributed by atoms with Crippen molar-refractivity contribution < 1.29 is 9.18 Å². The second-order valence-corrected chi connectivity index (χ2v) is 4.24. The summed E-state index contributed by atoms with van der Waals surface area (Å²) < 4.78 is 12.7. The maximum atomic E-state index is 12.7. The summed E-state index contributed by atoms with van der Waals surface area (Å²) in [5.41, 5.74) is 1.93. The van der Waals surface area contributed by atoms with Crippen LogP contribution in [0.5, 0.6) is 0 Å². The van der Waals surface area contributed by atoms with Gasteiger partial charge < -0.3 is 10.3 Å². The van der Waals surface area contributed by atoms with Crippen LogP contribution in [0.2, 0.25) is 0 Å². The number of aromatic amines is 1. The molecule has 0 atom stereocenters. The van der Waals surface area contributed by atoms with E-state index in [0.717, 1.165) is 17.2 Å². The van der Waals surface area contributed by atoms with Gasteiger partial charge >= 0.3 is 0 Å². The highest BCUT2D eigenvalue weighted by Crippen LogP contribution is 2.10. The van der Waals surface area contributed by atoms with Crippen molar-refractivity contribution in [2.45, 2.75) is 6.54 Å². The Balaban J connectivity index is 1.69. The number of hydrogen-bond donors (Lipinski definition) is 2. The molecule has 100 valence electrons. The Bertz CT molecular complexity index is 718. The molecule has 0 unspecified atom stereocenters. The molecule has 0 radical (unpaired) electrons. The predicted molar refractivity (Wildman–Crippen MR) is 71.5 cm³/mol. The lowest BCUT2D eigenvalue weighted by Crippen LogP contribution is -2.24. The summed E-state index contributed by atoms with van der Waals surface area (Å²) in [6.45, 7) is 0.257. The maximum absolute atomic E-state index is 12.7. The maximum Gasteiger partial charge on any atom is 0.270 e. The molecule has 2 N–H and O–H groups in total. The number of pyridine rings is 1. The number of imidazole rings is 1. The first-order chi connectivity index (χ1) is 9.72. The molecule has 3 aromatic rings. The number of benzene rings is 1. The molecule has 0 spiro atoms. The smallest absolute Gasteiger partial charge is 0.270 e. The van der Waals surface area contributed by atoms with Crippen LogP contribution in [0.1, 0.15) is 16.3 Å². The topological polar surface area (TPSA) is 70.7 Å². The van der Waals surface area contributed by atoms with Gasteiger partial charge in [-0.05, 0) is 24.3 Å². The first-order valence-electron chi connectivity index (χ1n) is 6.06. The summed E-state index contributed by atoms with van der Waals surface area (Å²) >= 11 is 0. The Morgan fingerprint density at radius 3 is 2.85 bits per heavy atom. The van der Waals surface area contributed by atoms with Gasteiger partial charge in [-0.25, -0.2) is 14.4 Å². The molecule has 0 aliphatic carbocycles. The number of hydrogen-bond acceptors (Lipinski definition) is 3. The average molecular weight is 270 g/mol. The summed E-state index contributed by atoms with van der Waals surface area (Å²) in [7, 11) is 0. The molecule has 1 amide bonds. The van der Waals surface area contributed by atoms with Gasteiger partial charge in [-0.15, -0.1) is 0 Å². The molecular formula is C14H11FN4O. The van der Waals surface area contributed by atoms with Gasteiger partial charge in [0.1, 0.15) is 17.3 Å². The Hall–Kier alpha value is -2.76. The summed E-state index contributed by atoms with van der Waals surface area (Å²) in [6, 6.07) is 10.1. The van der Waals surface area contributed by atoms with E-state index >= 15 is 0 Å². The van der Waals surface area contributed by atoms with E-state index in [2.05, 4.69) is 20.3 Å². The molecule has 3 rings (SSSR count). The van der Waals surface area contributed by atoms with Crippen molar-refractivity contribution in [1.82, 2.24) is 20.3 Å². The van der Waals surface area contributed by atoms with Crippen LogP contribution in [0.15, 0.2) is 42.6 Å². The van der Waals surface area contributed by atoms with Crippen LogP contribution in [-0.4, -0.2) is 20.9 Å².